The van der Waals surface area contributed by atoms with Crippen LogP contribution < -0.4 is 5.32 Å². The molecule has 1 aliphatic heterocycles. The summed E-state index contributed by atoms with van der Waals surface area (Å²) in [5, 5.41) is 11.7. The third-order valence-corrected chi connectivity index (χ3v) is 4.35. The molecular weight excluding hydrogens is 320 g/mol. The third-order valence-electron chi connectivity index (χ3n) is 4.35. The Hall–Kier alpha value is -2.37. The molecule has 0 saturated heterocycles. The van der Waals surface area contributed by atoms with Crippen molar-refractivity contribution >= 4 is 23.5 Å². The van der Waals surface area contributed by atoms with E-state index >= 15 is 0 Å². The zero-order chi connectivity index (χ0) is 18.4. The number of anilines is 1. The van der Waals surface area contributed by atoms with Gasteiger partial charge in [0.25, 0.3) is 0 Å². The van der Waals surface area contributed by atoms with E-state index < -0.39 is 5.97 Å². The van der Waals surface area contributed by atoms with Gasteiger partial charge in [-0.1, -0.05) is 32.0 Å². The Morgan fingerprint density at radius 1 is 1.28 bits per heavy atom. The molecule has 0 fully saturated rings. The summed E-state index contributed by atoms with van der Waals surface area (Å²) in [7, 11) is 0. The van der Waals surface area contributed by atoms with Crippen molar-refractivity contribution in [3.8, 4) is 0 Å². The molecule has 0 aromatic heterocycles. The minimum Gasteiger partial charge on any atom is -0.481 e. The number of hydrogen-bond acceptors (Lipinski definition) is 3. The van der Waals surface area contributed by atoms with Gasteiger partial charge in [0.2, 0.25) is 11.8 Å². The van der Waals surface area contributed by atoms with Crippen molar-refractivity contribution in [2.75, 3.05) is 18.4 Å². The average Bonchev–Trinajstić information content (AvgIpc) is 2.55. The molecule has 1 aliphatic rings. The second-order valence-electron chi connectivity index (χ2n) is 6.96. The fourth-order valence-electron chi connectivity index (χ4n) is 3.09. The van der Waals surface area contributed by atoms with Crippen LogP contribution in [0.15, 0.2) is 24.3 Å². The van der Waals surface area contributed by atoms with Crippen LogP contribution in [-0.2, 0) is 20.8 Å². The lowest BCUT2D eigenvalue weighted by atomic mass is 9.89. The molecule has 1 heterocycles. The molecule has 1 atom stereocenters. The van der Waals surface area contributed by atoms with Crippen molar-refractivity contribution in [2.24, 2.45) is 11.8 Å². The minimum absolute atomic E-state index is 0.0487. The van der Waals surface area contributed by atoms with E-state index in [-0.39, 0.29) is 43.0 Å². The van der Waals surface area contributed by atoms with Crippen molar-refractivity contribution in [1.29, 1.82) is 0 Å². The van der Waals surface area contributed by atoms with E-state index in [1.165, 1.54) is 0 Å². The molecule has 6 heteroatoms. The predicted molar refractivity (Wildman–Crippen MR) is 95.2 cm³/mol. The maximum Gasteiger partial charge on any atom is 0.305 e. The summed E-state index contributed by atoms with van der Waals surface area (Å²) in [4.78, 5) is 37.1. The van der Waals surface area contributed by atoms with E-state index in [2.05, 4.69) is 5.32 Å². The van der Waals surface area contributed by atoms with Gasteiger partial charge in [0, 0.05) is 31.1 Å². The van der Waals surface area contributed by atoms with Crippen LogP contribution in [0.1, 0.15) is 38.7 Å². The number of nitrogens with one attached hydrogen (secondary N) is 1. The highest BCUT2D eigenvalue weighted by molar-refractivity contribution is 5.96. The van der Waals surface area contributed by atoms with Crippen LogP contribution in [0.5, 0.6) is 0 Å². The van der Waals surface area contributed by atoms with Crippen molar-refractivity contribution in [2.45, 2.75) is 39.5 Å². The van der Waals surface area contributed by atoms with Crippen molar-refractivity contribution < 1.29 is 19.5 Å². The van der Waals surface area contributed by atoms with Gasteiger partial charge in [-0.2, -0.15) is 0 Å². The van der Waals surface area contributed by atoms with Gasteiger partial charge in [-0.25, -0.2) is 0 Å². The lowest BCUT2D eigenvalue weighted by Gasteiger charge is -2.27. The van der Waals surface area contributed by atoms with Gasteiger partial charge in [0.15, 0.2) is 0 Å². The summed E-state index contributed by atoms with van der Waals surface area (Å²) in [5.41, 5.74) is 1.93. The number of amides is 2. The molecule has 2 N–H and O–H groups in total. The third kappa shape index (κ3) is 5.59. The monoisotopic (exact) mass is 346 g/mol. The van der Waals surface area contributed by atoms with Crippen LogP contribution in [0, 0.1) is 11.8 Å². The van der Waals surface area contributed by atoms with Gasteiger partial charge in [-0.05, 0) is 30.4 Å². The molecule has 1 aromatic rings. The number of para-hydroxylation sites is 1. The Labute approximate surface area is 148 Å². The van der Waals surface area contributed by atoms with Crippen molar-refractivity contribution in [1.82, 2.24) is 4.90 Å². The Morgan fingerprint density at radius 3 is 2.68 bits per heavy atom. The lowest BCUT2D eigenvalue weighted by molar-refractivity contribution is -0.138. The number of carboxylic acid groups (broad SMARTS) is 1. The first kappa shape index (κ1) is 19.0. The molecule has 1 aromatic carbocycles. The maximum absolute atomic E-state index is 12.5. The SMILES string of the molecule is CC(C)CN(CCC(=O)O)C(=O)CCC1Cc2ccccc2NC1=O. The molecule has 2 rings (SSSR count). The molecule has 0 spiro atoms. The highest BCUT2D eigenvalue weighted by atomic mass is 16.4. The van der Waals surface area contributed by atoms with E-state index in [0.29, 0.717) is 19.4 Å². The largest absolute Gasteiger partial charge is 0.481 e. The number of aliphatic carboxylic acids is 1. The number of fused-ring (bicyclic) bond motifs is 1. The summed E-state index contributed by atoms with van der Waals surface area (Å²) in [6.45, 7) is 4.73. The van der Waals surface area contributed by atoms with Gasteiger partial charge in [0.05, 0.1) is 6.42 Å². The van der Waals surface area contributed by atoms with E-state index in [4.69, 9.17) is 5.11 Å². The molecule has 136 valence electrons. The molecular formula is C19H26N2O4. The summed E-state index contributed by atoms with van der Waals surface area (Å²) < 4.78 is 0. The van der Waals surface area contributed by atoms with Gasteiger partial charge < -0.3 is 15.3 Å². The molecule has 0 radical (unpaired) electrons. The number of carbonyl (C=O) groups excluding carboxylic acids is 2. The molecule has 0 saturated carbocycles. The number of carboxylic acids is 1. The molecule has 0 aliphatic carbocycles. The van der Waals surface area contributed by atoms with Crippen LogP contribution >= 0.6 is 0 Å². The first-order valence-corrected chi connectivity index (χ1v) is 8.75. The molecule has 0 bridgehead atoms. The number of nitrogens with zero attached hydrogens (tertiary/aromatic N) is 1. The summed E-state index contributed by atoms with van der Waals surface area (Å²) in [6, 6.07) is 7.69. The van der Waals surface area contributed by atoms with Gasteiger partial charge in [-0.3, -0.25) is 14.4 Å². The summed E-state index contributed by atoms with van der Waals surface area (Å²) in [5.74, 6) is -0.999. The molecule has 2 amide bonds. The standard InChI is InChI=1S/C19H26N2O4/c1-13(2)12-21(10-9-18(23)24)17(22)8-7-15-11-14-5-3-4-6-16(14)20-19(15)25/h3-6,13,15H,7-12H2,1-2H3,(H,20,25)(H,23,24). The fourth-order valence-corrected chi connectivity index (χ4v) is 3.09. The van der Waals surface area contributed by atoms with E-state index in [1.54, 1.807) is 4.90 Å². The van der Waals surface area contributed by atoms with E-state index in [1.807, 2.05) is 38.1 Å². The zero-order valence-corrected chi connectivity index (χ0v) is 14.8. The highest BCUT2D eigenvalue weighted by Gasteiger charge is 2.27. The van der Waals surface area contributed by atoms with Gasteiger partial charge in [-0.15, -0.1) is 0 Å². The van der Waals surface area contributed by atoms with Crippen molar-refractivity contribution in [3.05, 3.63) is 29.8 Å². The predicted octanol–water partition coefficient (Wildman–Crippen LogP) is 2.54. The van der Waals surface area contributed by atoms with Crippen LogP contribution in [0.25, 0.3) is 0 Å². The highest BCUT2D eigenvalue weighted by Crippen LogP contribution is 2.27. The topological polar surface area (TPSA) is 86.7 Å². The van der Waals surface area contributed by atoms with Crippen molar-refractivity contribution in [3.63, 3.8) is 0 Å². The van der Waals surface area contributed by atoms with Gasteiger partial charge >= 0.3 is 5.97 Å². The second-order valence-corrected chi connectivity index (χ2v) is 6.96. The molecule has 1 unspecified atom stereocenters. The van der Waals surface area contributed by atoms with E-state index in [0.717, 1.165) is 11.3 Å². The van der Waals surface area contributed by atoms with Crippen LogP contribution in [-0.4, -0.2) is 40.9 Å². The minimum atomic E-state index is -0.912. The summed E-state index contributed by atoms with van der Waals surface area (Å²) in [6.07, 6.45) is 1.30. The normalized spacial score (nSPS) is 16.3. The smallest absolute Gasteiger partial charge is 0.305 e. The second kappa shape index (κ2) is 8.65. The van der Waals surface area contributed by atoms with Crippen LogP contribution in [0.4, 0.5) is 5.69 Å². The first-order valence-electron chi connectivity index (χ1n) is 8.75. The number of carbonyl (C=O) groups is 3. The number of rotatable bonds is 8. The Bertz CT molecular complexity index is 642. The zero-order valence-electron chi connectivity index (χ0n) is 14.8. The van der Waals surface area contributed by atoms with Crippen LogP contribution in [0.2, 0.25) is 0 Å². The average molecular weight is 346 g/mol. The maximum atomic E-state index is 12.5. The lowest BCUT2D eigenvalue weighted by Crippen LogP contribution is -2.37. The fraction of sp³-hybridized carbons (Fsp3) is 0.526. The van der Waals surface area contributed by atoms with Crippen LogP contribution in [0.3, 0.4) is 0 Å². The quantitative estimate of drug-likeness (QED) is 0.757. The number of hydrogen-bond donors (Lipinski definition) is 2. The Morgan fingerprint density at radius 2 is 2.00 bits per heavy atom. The van der Waals surface area contributed by atoms with E-state index in [9.17, 15) is 14.4 Å². The molecule has 25 heavy (non-hydrogen) atoms. The Balaban J connectivity index is 1.92. The summed E-state index contributed by atoms with van der Waals surface area (Å²) >= 11 is 0. The molecule has 6 nitrogen and oxygen atoms in total. The van der Waals surface area contributed by atoms with Gasteiger partial charge in [0.1, 0.15) is 0 Å². The number of benzene rings is 1. The first-order chi connectivity index (χ1) is 11.9. The Kier molecular flexibility index (Phi) is 6.56.